The average Bonchev–Trinajstić information content (AvgIpc) is 2.55. The van der Waals surface area contributed by atoms with Crippen molar-refractivity contribution < 1.29 is 9.53 Å². The van der Waals surface area contributed by atoms with Crippen molar-refractivity contribution in [2.24, 2.45) is 0 Å². The van der Waals surface area contributed by atoms with Crippen LogP contribution in [0.25, 0.3) is 0 Å². The van der Waals surface area contributed by atoms with Crippen LogP contribution >= 0.6 is 0 Å². The van der Waals surface area contributed by atoms with E-state index in [-0.39, 0.29) is 18.1 Å². The molecule has 1 amide bonds. The lowest BCUT2D eigenvalue weighted by Crippen LogP contribution is -2.31. The van der Waals surface area contributed by atoms with E-state index >= 15 is 0 Å². The monoisotopic (exact) mass is 309 g/mol. The minimum atomic E-state index is -0.0667. The van der Waals surface area contributed by atoms with Crippen LogP contribution in [0.2, 0.25) is 0 Å². The molecule has 1 aliphatic rings. The number of hydrogen-bond acceptors (Lipinski definition) is 2. The van der Waals surface area contributed by atoms with Gasteiger partial charge in [-0.2, -0.15) is 0 Å². The maximum atomic E-state index is 12.7. The van der Waals surface area contributed by atoms with Gasteiger partial charge < -0.3 is 10.1 Å². The zero-order chi connectivity index (χ0) is 16.2. The Labute approximate surface area is 137 Å². The maximum absolute atomic E-state index is 12.7. The topological polar surface area (TPSA) is 38.3 Å². The van der Waals surface area contributed by atoms with Crippen LogP contribution in [0.5, 0.6) is 5.75 Å². The number of amides is 1. The van der Waals surface area contributed by atoms with Crippen molar-refractivity contribution in [2.45, 2.75) is 45.3 Å². The van der Waals surface area contributed by atoms with Gasteiger partial charge in [0.15, 0.2) is 0 Å². The van der Waals surface area contributed by atoms with E-state index < -0.39 is 0 Å². The first-order valence-electron chi connectivity index (χ1n) is 8.29. The number of hydrogen-bond donors (Lipinski definition) is 1. The molecule has 2 aromatic carbocycles. The van der Waals surface area contributed by atoms with Gasteiger partial charge in [0.1, 0.15) is 5.75 Å². The molecule has 1 aliphatic carbocycles. The standard InChI is InChI=1S/C20H23NO2/c1-14(2)23-19-13-6-5-11-17(19)20(22)21-18-12-7-9-15-8-3-4-10-16(15)18/h3-6,8,10-11,13-14,18H,7,9,12H2,1-2H3,(H,21,22)/t18-/m1/s1. The van der Waals surface area contributed by atoms with Gasteiger partial charge in [-0.3, -0.25) is 4.79 Å². The predicted molar refractivity (Wildman–Crippen MR) is 91.8 cm³/mol. The van der Waals surface area contributed by atoms with E-state index in [1.807, 2.05) is 44.2 Å². The Kier molecular flexibility index (Phi) is 4.65. The van der Waals surface area contributed by atoms with Crippen LogP contribution in [0.4, 0.5) is 0 Å². The molecule has 3 nitrogen and oxygen atoms in total. The number of carbonyl (C=O) groups is 1. The number of para-hydroxylation sites is 1. The summed E-state index contributed by atoms with van der Waals surface area (Å²) in [5, 5.41) is 3.19. The highest BCUT2D eigenvalue weighted by molar-refractivity contribution is 5.97. The van der Waals surface area contributed by atoms with E-state index in [0.29, 0.717) is 11.3 Å². The summed E-state index contributed by atoms with van der Waals surface area (Å²) < 4.78 is 5.76. The fourth-order valence-corrected chi connectivity index (χ4v) is 3.15. The van der Waals surface area contributed by atoms with Crippen LogP contribution < -0.4 is 10.1 Å². The number of benzene rings is 2. The Hall–Kier alpha value is -2.29. The molecule has 23 heavy (non-hydrogen) atoms. The molecule has 2 aromatic rings. The molecule has 1 atom stereocenters. The molecule has 0 fully saturated rings. The summed E-state index contributed by atoms with van der Waals surface area (Å²) in [6.45, 7) is 3.93. The normalized spacial score (nSPS) is 16.7. The van der Waals surface area contributed by atoms with Crippen LogP contribution in [-0.4, -0.2) is 12.0 Å². The van der Waals surface area contributed by atoms with Crippen molar-refractivity contribution in [1.29, 1.82) is 0 Å². The minimum Gasteiger partial charge on any atom is -0.490 e. The van der Waals surface area contributed by atoms with Gasteiger partial charge in [-0.15, -0.1) is 0 Å². The lowest BCUT2D eigenvalue weighted by atomic mass is 9.87. The third-order valence-electron chi connectivity index (χ3n) is 4.17. The maximum Gasteiger partial charge on any atom is 0.255 e. The van der Waals surface area contributed by atoms with E-state index in [1.54, 1.807) is 0 Å². The van der Waals surface area contributed by atoms with Gasteiger partial charge in [0.05, 0.1) is 17.7 Å². The Bertz CT molecular complexity index is 694. The number of carbonyl (C=O) groups excluding carboxylic acids is 1. The smallest absolute Gasteiger partial charge is 0.255 e. The van der Waals surface area contributed by atoms with Crippen molar-refractivity contribution in [2.75, 3.05) is 0 Å². The number of fused-ring (bicyclic) bond motifs is 1. The van der Waals surface area contributed by atoms with Gasteiger partial charge in [-0.25, -0.2) is 0 Å². The summed E-state index contributed by atoms with van der Waals surface area (Å²) >= 11 is 0. The SMILES string of the molecule is CC(C)Oc1ccccc1C(=O)N[C@@H]1CCCc2ccccc21. The molecule has 3 heteroatoms. The quantitative estimate of drug-likeness (QED) is 0.915. The number of aryl methyl sites for hydroxylation is 1. The van der Waals surface area contributed by atoms with Crippen molar-refractivity contribution in [3.05, 3.63) is 65.2 Å². The molecule has 0 bridgehead atoms. The molecule has 0 aromatic heterocycles. The molecule has 0 aliphatic heterocycles. The van der Waals surface area contributed by atoms with Crippen LogP contribution in [0.15, 0.2) is 48.5 Å². The van der Waals surface area contributed by atoms with Crippen molar-refractivity contribution in [3.8, 4) is 5.75 Å². The third kappa shape index (κ3) is 3.55. The fraction of sp³-hybridized carbons (Fsp3) is 0.350. The first-order chi connectivity index (χ1) is 11.1. The first kappa shape index (κ1) is 15.6. The largest absolute Gasteiger partial charge is 0.490 e. The van der Waals surface area contributed by atoms with E-state index in [2.05, 4.69) is 23.5 Å². The van der Waals surface area contributed by atoms with Crippen LogP contribution in [0.3, 0.4) is 0 Å². The summed E-state index contributed by atoms with van der Waals surface area (Å²) in [5.74, 6) is 0.576. The van der Waals surface area contributed by atoms with Gasteiger partial charge >= 0.3 is 0 Å². The van der Waals surface area contributed by atoms with Crippen LogP contribution in [0, 0.1) is 0 Å². The highest BCUT2D eigenvalue weighted by Gasteiger charge is 2.23. The zero-order valence-corrected chi connectivity index (χ0v) is 13.7. The second-order valence-electron chi connectivity index (χ2n) is 6.28. The molecule has 120 valence electrons. The second kappa shape index (κ2) is 6.86. The highest BCUT2D eigenvalue weighted by atomic mass is 16.5. The molecule has 0 spiro atoms. The number of ether oxygens (including phenoxy) is 1. The summed E-state index contributed by atoms with van der Waals surface area (Å²) in [6.07, 6.45) is 3.22. The van der Waals surface area contributed by atoms with Crippen LogP contribution in [0.1, 0.15) is 54.2 Å². The number of nitrogens with one attached hydrogen (secondary N) is 1. The second-order valence-corrected chi connectivity index (χ2v) is 6.28. The highest BCUT2D eigenvalue weighted by Crippen LogP contribution is 2.30. The predicted octanol–water partition coefficient (Wildman–Crippen LogP) is 4.28. The van der Waals surface area contributed by atoms with Gasteiger partial charge in [0.25, 0.3) is 5.91 Å². The Morgan fingerprint density at radius 1 is 1.13 bits per heavy atom. The zero-order valence-electron chi connectivity index (χ0n) is 13.7. The molecular formula is C20H23NO2. The summed E-state index contributed by atoms with van der Waals surface area (Å²) in [6, 6.07) is 15.9. The molecule has 3 rings (SSSR count). The van der Waals surface area contributed by atoms with Gasteiger partial charge in [-0.05, 0) is 56.4 Å². The Morgan fingerprint density at radius 3 is 2.70 bits per heavy atom. The van der Waals surface area contributed by atoms with Crippen molar-refractivity contribution in [3.63, 3.8) is 0 Å². The van der Waals surface area contributed by atoms with Gasteiger partial charge in [0, 0.05) is 0 Å². The molecule has 1 N–H and O–H groups in total. The fourth-order valence-electron chi connectivity index (χ4n) is 3.15. The third-order valence-corrected chi connectivity index (χ3v) is 4.17. The number of rotatable bonds is 4. The van der Waals surface area contributed by atoms with Gasteiger partial charge in [0.2, 0.25) is 0 Å². The van der Waals surface area contributed by atoms with Crippen LogP contribution in [-0.2, 0) is 6.42 Å². The Morgan fingerprint density at radius 2 is 1.87 bits per heavy atom. The molecule has 0 saturated carbocycles. The van der Waals surface area contributed by atoms with Crippen molar-refractivity contribution in [1.82, 2.24) is 5.32 Å². The van der Waals surface area contributed by atoms with Gasteiger partial charge in [-0.1, -0.05) is 36.4 Å². The first-order valence-corrected chi connectivity index (χ1v) is 8.29. The van der Waals surface area contributed by atoms with E-state index in [9.17, 15) is 4.79 Å². The summed E-state index contributed by atoms with van der Waals surface area (Å²) in [4.78, 5) is 12.7. The molecule has 0 heterocycles. The summed E-state index contributed by atoms with van der Waals surface area (Å²) in [7, 11) is 0. The molecule has 0 saturated heterocycles. The molecular weight excluding hydrogens is 286 g/mol. The molecule has 0 radical (unpaired) electrons. The van der Waals surface area contributed by atoms with Crippen molar-refractivity contribution >= 4 is 5.91 Å². The van der Waals surface area contributed by atoms with E-state index in [4.69, 9.17) is 4.74 Å². The Balaban J connectivity index is 1.81. The van der Waals surface area contributed by atoms with E-state index in [1.165, 1.54) is 11.1 Å². The average molecular weight is 309 g/mol. The lowest BCUT2D eigenvalue weighted by molar-refractivity contribution is 0.0927. The van der Waals surface area contributed by atoms with E-state index in [0.717, 1.165) is 19.3 Å². The molecule has 0 unspecified atom stereocenters. The minimum absolute atomic E-state index is 0.0411. The lowest BCUT2D eigenvalue weighted by Gasteiger charge is -2.26. The summed E-state index contributed by atoms with van der Waals surface area (Å²) in [5.41, 5.74) is 3.19.